The van der Waals surface area contributed by atoms with Crippen molar-refractivity contribution in [1.82, 2.24) is 9.78 Å². The first-order valence-corrected chi connectivity index (χ1v) is 2.97. The zero-order valence-corrected chi connectivity index (χ0v) is 5.94. The van der Waals surface area contributed by atoms with E-state index < -0.39 is 0 Å². The van der Waals surface area contributed by atoms with E-state index >= 15 is 0 Å². The van der Waals surface area contributed by atoms with E-state index in [1.54, 1.807) is 7.05 Å². The Bertz CT molecular complexity index is 279. The number of amides is 1. The van der Waals surface area contributed by atoms with Gasteiger partial charge in [-0.05, 0) is 0 Å². The van der Waals surface area contributed by atoms with Crippen molar-refractivity contribution in [3.63, 3.8) is 0 Å². The summed E-state index contributed by atoms with van der Waals surface area (Å²) in [5.41, 5.74) is 0.375. The van der Waals surface area contributed by atoms with Gasteiger partial charge in [0.1, 0.15) is 0 Å². The van der Waals surface area contributed by atoms with Crippen LogP contribution >= 0.6 is 0 Å². The molecule has 1 rings (SSSR count). The van der Waals surface area contributed by atoms with E-state index in [4.69, 9.17) is 0 Å². The second kappa shape index (κ2) is 2.96. The molecular weight excluding hydrogens is 146 g/mol. The lowest BCUT2D eigenvalue weighted by Crippen LogP contribution is -1.97. The molecule has 1 N–H and O–H groups in total. The zero-order chi connectivity index (χ0) is 8.27. The molecule has 0 bridgehead atoms. The smallest absolute Gasteiger partial charge is 0.212 e. The number of anilines is 1. The first-order chi connectivity index (χ1) is 5.27. The van der Waals surface area contributed by atoms with Gasteiger partial charge in [-0.2, -0.15) is 5.10 Å². The number of aromatic nitrogens is 2. The molecule has 0 aliphatic carbocycles. The highest BCUT2D eigenvalue weighted by Gasteiger charge is 2.03. The van der Waals surface area contributed by atoms with E-state index in [9.17, 15) is 9.59 Å². The topological polar surface area (TPSA) is 64.0 Å². The van der Waals surface area contributed by atoms with E-state index in [0.29, 0.717) is 18.3 Å². The Morgan fingerprint density at radius 3 is 2.91 bits per heavy atom. The minimum absolute atomic E-state index is 0.289. The van der Waals surface area contributed by atoms with Crippen LogP contribution in [0.2, 0.25) is 0 Å². The molecule has 0 saturated carbocycles. The van der Waals surface area contributed by atoms with Gasteiger partial charge in [0.25, 0.3) is 0 Å². The van der Waals surface area contributed by atoms with Crippen molar-refractivity contribution in [2.24, 2.45) is 7.05 Å². The van der Waals surface area contributed by atoms with Gasteiger partial charge in [-0.1, -0.05) is 0 Å². The van der Waals surface area contributed by atoms with Crippen LogP contribution in [0.1, 0.15) is 10.4 Å². The van der Waals surface area contributed by atoms with Gasteiger partial charge in [0.05, 0.1) is 5.56 Å². The third kappa shape index (κ3) is 1.43. The molecule has 0 atom stereocenters. The van der Waals surface area contributed by atoms with Crippen molar-refractivity contribution in [3.05, 3.63) is 11.8 Å². The molecule has 5 nitrogen and oxygen atoms in total. The first-order valence-electron chi connectivity index (χ1n) is 2.97. The maximum absolute atomic E-state index is 10.3. The Balaban J connectivity index is 3.00. The molecule has 0 aliphatic heterocycles. The van der Waals surface area contributed by atoms with Crippen molar-refractivity contribution in [2.75, 3.05) is 5.32 Å². The van der Waals surface area contributed by atoms with Gasteiger partial charge in [-0.15, -0.1) is 0 Å². The Morgan fingerprint density at radius 2 is 2.36 bits per heavy atom. The summed E-state index contributed by atoms with van der Waals surface area (Å²) in [4.78, 5) is 20.3. The summed E-state index contributed by atoms with van der Waals surface area (Å²) < 4.78 is 1.45. The number of hydrogen-bond acceptors (Lipinski definition) is 3. The molecule has 58 valence electrons. The highest BCUT2D eigenvalue weighted by atomic mass is 16.1. The van der Waals surface area contributed by atoms with Crippen molar-refractivity contribution in [3.8, 4) is 0 Å². The Hall–Kier alpha value is -1.65. The molecule has 0 fully saturated rings. The number of nitrogens with zero attached hydrogens (tertiary/aromatic N) is 2. The molecule has 0 aromatic carbocycles. The van der Waals surface area contributed by atoms with Crippen LogP contribution in [0.25, 0.3) is 0 Å². The first kappa shape index (κ1) is 7.46. The molecular formula is C6H7N3O2. The molecule has 0 spiro atoms. The van der Waals surface area contributed by atoms with Crippen LogP contribution in [0.5, 0.6) is 0 Å². The number of carbonyl (C=O) groups is 2. The minimum atomic E-state index is 0.289. The van der Waals surface area contributed by atoms with E-state index in [2.05, 4.69) is 10.4 Å². The Morgan fingerprint density at radius 1 is 1.64 bits per heavy atom. The molecule has 1 aromatic heterocycles. The Kier molecular flexibility index (Phi) is 2.00. The van der Waals surface area contributed by atoms with Gasteiger partial charge < -0.3 is 5.32 Å². The van der Waals surface area contributed by atoms with Crippen LogP contribution in [0, 0.1) is 0 Å². The standard InChI is InChI=1S/C6H7N3O2/c1-9-2-5(3-10)6(8-9)7-4-11/h2-4H,1H3,(H,7,8,11). The van der Waals surface area contributed by atoms with Gasteiger partial charge in [0.15, 0.2) is 12.1 Å². The van der Waals surface area contributed by atoms with E-state index in [0.717, 1.165) is 0 Å². The van der Waals surface area contributed by atoms with Crippen molar-refractivity contribution >= 4 is 18.5 Å². The van der Waals surface area contributed by atoms with E-state index in [-0.39, 0.29) is 5.82 Å². The minimum Gasteiger partial charge on any atom is -0.311 e. The van der Waals surface area contributed by atoms with E-state index in [1.807, 2.05) is 0 Å². The van der Waals surface area contributed by atoms with Crippen LogP contribution in [-0.2, 0) is 11.8 Å². The van der Waals surface area contributed by atoms with Crippen LogP contribution < -0.4 is 5.32 Å². The molecule has 11 heavy (non-hydrogen) atoms. The molecule has 0 unspecified atom stereocenters. The highest BCUT2D eigenvalue weighted by molar-refractivity contribution is 5.86. The second-order valence-corrected chi connectivity index (χ2v) is 1.99. The maximum atomic E-state index is 10.3. The lowest BCUT2D eigenvalue weighted by molar-refractivity contribution is -0.105. The summed E-state index contributed by atoms with van der Waals surface area (Å²) in [7, 11) is 1.67. The van der Waals surface area contributed by atoms with Gasteiger partial charge in [0, 0.05) is 13.2 Å². The monoisotopic (exact) mass is 153 g/mol. The zero-order valence-electron chi connectivity index (χ0n) is 5.94. The van der Waals surface area contributed by atoms with E-state index in [1.165, 1.54) is 10.9 Å². The summed E-state index contributed by atoms with van der Waals surface area (Å²) in [6, 6.07) is 0. The fraction of sp³-hybridized carbons (Fsp3) is 0.167. The third-order valence-corrected chi connectivity index (χ3v) is 1.18. The summed E-state index contributed by atoms with van der Waals surface area (Å²) in [6.07, 6.45) is 2.65. The number of carbonyl (C=O) groups excluding carboxylic acids is 2. The predicted octanol–water partition coefficient (Wildman–Crippen LogP) is -0.199. The molecule has 0 saturated heterocycles. The number of aryl methyl sites for hydroxylation is 1. The lowest BCUT2D eigenvalue weighted by atomic mass is 10.4. The lowest BCUT2D eigenvalue weighted by Gasteiger charge is -1.89. The van der Waals surface area contributed by atoms with Gasteiger partial charge in [0.2, 0.25) is 6.41 Å². The van der Waals surface area contributed by atoms with Crippen LogP contribution in [-0.4, -0.2) is 22.5 Å². The summed E-state index contributed by atoms with van der Waals surface area (Å²) in [5, 5.41) is 6.12. The van der Waals surface area contributed by atoms with Crippen molar-refractivity contribution in [2.45, 2.75) is 0 Å². The highest BCUT2D eigenvalue weighted by Crippen LogP contribution is 2.07. The van der Waals surface area contributed by atoms with Crippen molar-refractivity contribution < 1.29 is 9.59 Å². The second-order valence-electron chi connectivity index (χ2n) is 1.99. The Labute approximate surface area is 63.0 Å². The molecule has 0 radical (unpaired) electrons. The predicted molar refractivity (Wildman–Crippen MR) is 38.3 cm³/mol. The molecule has 0 aliphatic rings. The number of nitrogens with one attached hydrogen (secondary N) is 1. The normalized spacial score (nSPS) is 9.18. The van der Waals surface area contributed by atoms with Crippen LogP contribution in [0.15, 0.2) is 6.20 Å². The van der Waals surface area contributed by atoms with Crippen molar-refractivity contribution in [1.29, 1.82) is 0 Å². The summed E-state index contributed by atoms with van der Waals surface area (Å²) in [6.45, 7) is 0. The average molecular weight is 153 g/mol. The van der Waals surface area contributed by atoms with Crippen LogP contribution in [0.4, 0.5) is 5.82 Å². The number of rotatable bonds is 3. The van der Waals surface area contributed by atoms with Gasteiger partial charge in [-0.25, -0.2) is 0 Å². The van der Waals surface area contributed by atoms with Crippen LogP contribution in [0.3, 0.4) is 0 Å². The summed E-state index contributed by atoms with van der Waals surface area (Å²) in [5.74, 6) is 0.289. The fourth-order valence-corrected chi connectivity index (χ4v) is 0.761. The molecule has 1 amide bonds. The largest absolute Gasteiger partial charge is 0.311 e. The molecule has 5 heteroatoms. The maximum Gasteiger partial charge on any atom is 0.212 e. The van der Waals surface area contributed by atoms with Gasteiger partial charge in [-0.3, -0.25) is 14.3 Å². The summed E-state index contributed by atoms with van der Waals surface area (Å²) >= 11 is 0. The molecule has 1 aromatic rings. The average Bonchev–Trinajstić information content (AvgIpc) is 2.32. The third-order valence-electron chi connectivity index (χ3n) is 1.18. The van der Waals surface area contributed by atoms with Gasteiger partial charge >= 0.3 is 0 Å². The molecule has 1 heterocycles. The number of hydrogen-bond donors (Lipinski definition) is 1. The SMILES string of the molecule is Cn1cc(C=O)c(NC=O)n1. The fourth-order valence-electron chi connectivity index (χ4n) is 0.761. The quantitative estimate of drug-likeness (QED) is 0.611. The number of aldehydes is 1.